The summed E-state index contributed by atoms with van der Waals surface area (Å²) in [6.45, 7) is 1.65. The highest BCUT2D eigenvalue weighted by molar-refractivity contribution is 5.93. The van der Waals surface area contributed by atoms with E-state index in [4.69, 9.17) is 0 Å². The summed E-state index contributed by atoms with van der Waals surface area (Å²) in [4.78, 5) is 30.2. The van der Waals surface area contributed by atoms with Crippen molar-refractivity contribution in [2.45, 2.75) is 13.3 Å². The van der Waals surface area contributed by atoms with E-state index in [0.717, 1.165) is 0 Å². The molecular weight excluding hydrogens is 198 g/mol. The Morgan fingerprint density at radius 2 is 2.33 bits per heavy atom. The molecule has 80 valence electrons. The van der Waals surface area contributed by atoms with E-state index in [1.54, 1.807) is 25.3 Å². The summed E-state index contributed by atoms with van der Waals surface area (Å²) in [6, 6.07) is 3.22. The Balaban J connectivity index is 2.34. The minimum absolute atomic E-state index is 0.232. The fraction of sp³-hybridized carbons (Fsp3) is 0.222. The van der Waals surface area contributed by atoms with Crippen LogP contribution in [-0.4, -0.2) is 16.9 Å². The number of nitrogens with zero attached hydrogens (tertiary/aromatic N) is 1. The maximum absolute atomic E-state index is 11.3. The second kappa shape index (κ2) is 5.71. The van der Waals surface area contributed by atoms with E-state index in [1.165, 1.54) is 6.20 Å². The van der Waals surface area contributed by atoms with Crippen LogP contribution in [0.5, 0.6) is 0 Å². The minimum atomic E-state index is -0.457. The lowest BCUT2D eigenvalue weighted by Crippen LogP contribution is -2.38. The second-order valence-corrected chi connectivity index (χ2v) is 2.63. The smallest absolute Gasteiger partial charge is 0.326 e. The van der Waals surface area contributed by atoms with Crippen molar-refractivity contribution in [3.8, 4) is 0 Å². The fourth-order valence-electron chi connectivity index (χ4n) is 0.770. The Labute approximate surface area is 86.6 Å². The van der Waals surface area contributed by atoms with E-state index in [-0.39, 0.29) is 6.42 Å². The highest BCUT2D eigenvalue weighted by Crippen LogP contribution is 1.93. The van der Waals surface area contributed by atoms with Gasteiger partial charge in [0.15, 0.2) is 0 Å². The van der Waals surface area contributed by atoms with Crippen LogP contribution in [0.2, 0.25) is 0 Å². The molecule has 1 amide bonds. The first-order chi connectivity index (χ1) is 7.24. The number of amides is 1. The van der Waals surface area contributed by atoms with Crippen molar-refractivity contribution < 1.29 is 14.4 Å². The lowest BCUT2D eigenvalue weighted by molar-refractivity contribution is -0.152. The van der Waals surface area contributed by atoms with Crippen LogP contribution >= 0.6 is 0 Å². The topological polar surface area (TPSA) is 80.3 Å². The second-order valence-electron chi connectivity index (χ2n) is 2.63. The van der Waals surface area contributed by atoms with Crippen molar-refractivity contribution in [1.29, 1.82) is 0 Å². The number of carbonyl (C=O) groups is 2. The van der Waals surface area contributed by atoms with Crippen LogP contribution in [0.3, 0.4) is 0 Å². The van der Waals surface area contributed by atoms with E-state index in [0.29, 0.717) is 5.56 Å². The average molecular weight is 209 g/mol. The van der Waals surface area contributed by atoms with Gasteiger partial charge < -0.3 is 4.84 Å². The predicted octanol–water partition coefficient (Wildman–Crippen LogP) is 0.184. The van der Waals surface area contributed by atoms with Crippen LogP contribution in [0.1, 0.15) is 23.7 Å². The summed E-state index contributed by atoms with van der Waals surface area (Å²) in [7, 11) is 0. The van der Waals surface area contributed by atoms with Crippen LogP contribution < -0.4 is 11.0 Å². The summed E-state index contributed by atoms with van der Waals surface area (Å²) in [5.41, 5.74) is 4.62. The Hall–Kier alpha value is -1.95. The summed E-state index contributed by atoms with van der Waals surface area (Å²) in [5, 5.41) is 0. The Bertz CT molecular complexity index is 340. The van der Waals surface area contributed by atoms with Gasteiger partial charge in [-0.3, -0.25) is 20.0 Å². The molecule has 0 spiro atoms. The molecule has 6 nitrogen and oxygen atoms in total. The van der Waals surface area contributed by atoms with Crippen molar-refractivity contribution in [3.63, 3.8) is 0 Å². The molecule has 0 radical (unpaired) electrons. The molecular formula is C9H11N3O3. The number of carbonyl (C=O) groups excluding carboxylic acids is 2. The number of hydrazine groups is 1. The molecule has 0 aliphatic rings. The number of nitrogens with one attached hydrogen (secondary N) is 2. The number of aromatic nitrogens is 1. The molecule has 6 heteroatoms. The SMILES string of the molecule is CCC(=O)ONNC(=O)c1cccnc1. The molecule has 1 aromatic rings. The van der Waals surface area contributed by atoms with Gasteiger partial charge in [0.25, 0.3) is 5.91 Å². The molecule has 0 saturated heterocycles. The molecule has 0 fully saturated rings. The normalized spacial score (nSPS) is 9.40. The van der Waals surface area contributed by atoms with Crippen molar-refractivity contribution in [3.05, 3.63) is 30.1 Å². The fourth-order valence-corrected chi connectivity index (χ4v) is 0.770. The van der Waals surface area contributed by atoms with Gasteiger partial charge in [-0.15, -0.1) is 0 Å². The van der Waals surface area contributed by atoms with E-state index < -0.39 is 11.9 Å². The Morgan fingerprint density at radius 1 is 1.53 bits per heavy atom. The van der Waals surface area contributed by atoms with E-state index in [2.05, 4.69) is 20.8 Å². The third kappa shape index (κ3) is 3.74. The lowest BCUT2D eigenvalue weighted by atomic mass is 10.3. The summed E-state index contributed by atoms with van der Waals surface area (Å²) in [5.74, 6) is -0.881. The van der Waals surface area contributed by atoms with Crippen LogP contribution in [-0.2, 0) is 9.63 Å². The van der Waals surface area contributed by atoms with Crippen LogP contribution in [0.15, 0.2) is 24.5 Å². The maximum Gasteiger partial charge on any atom is 0.326 e. The summed E-state index contributed by atoms with van der Waals surface area (Å²) >= 11 is 0. The number of hydrogen-bond acceptors (Lipinski definition) is 5. The third-order valence-electron chi connectivity index (χ3n) is 1.54. The molecule has 1 rings (SSSR count). The third-order valence-corrected chi connectivity index (χ3v) is 1.54. The van der Waals surface area contributed by atoms with Gasteiger partial charge >= 0.3 is 5.97 Å². The zero-order valence-corrected chi connectivity index (χ0v) is 8.19. The molecule has 0 aromatic carbocycles. The van der Waals surface area contributed by atoms with Gasteiger partial charge in [-0.05, 0) is 12.1 Å². The molecule has 1 aromatic heterocycles. The average Bonchev–Trinajstić information content (AvgIpc) is 2.29. The van der Waals surface area contributed by atoms with Crippen LogP contribution in [0.4, 0.5) is 0 Å². The lowest BCUT2D eigenvalue weighted by Gasteiger charge is -2.05. The molecule has 0 bridgehead atoms. The van der Waals surface area contributed by atoms with Crippen molar-refractivity contribution in [2.24, 2.45) is 0 Å². The Kier molecular flexibility index (Phi) is 4.24. The van der Waals surface area contributed by atoms with E-state index >= 15 is 0 Å². The largest absolute Gasteiger partial charge is 0.351 e. The molecule has 15 heavy (non-hydrogen) atoms. The standard InChI is InChI=1S/C9H11N3O3/c1-2-8(13)15-12-11-9(14)7-4-3-5-10-6-7/h3-6,12H,2H2,1H3,(H,11,14). The van der Waals surface area contributed by atoms with Gasteiger partial charge in [-0.1, -0.05) is 12.5 Å². The van der Waals surface area contributed by atoms with Gasteiger partial charge in [0.2, 0.25) is 0 Å². The predicted molar refractivity (Wildman–Crippen MR) is 51.2 cm³/mol. The van der Waals surface area contributed by atoms with Gasteiger partial charge in [-0.2, -0.15) is 0 Å². The minimum Gasteiger partial charge on any atom is -0.351 e. The molecule has 0 aliphatic heterocycles. The van der Waals surface area contributed by atoms with E-state index in [1.807, 2.05) is 0 Å². The van der Waals surface area contributed by atoms with Gasteiger partial charge in [-0.25, -0.2) is 0 Å². The Morgan fingerprint density at radius 3 is 2.93 bits per heavy atom. The molecule has 1 heterocycles. The maximum atomic E-state index is 11.3. The van der Waals surface area contributed by atoms with Crippen molar-refractivity contribution in [2.75, 3.05) is 0 Å². The highest BCUT2D eigenvalue weighted by atomic mass is 16.7. The van der Waals surface area contributed by atoms with Gasteiger partial charge in [0, 0.05) is 18.8 Å². The zero-order valence-electron chi connectivity index (χ0n) is 8.19. The molecule has 0 unspecified atom stereocenters. The molecule has 0 saturated carbocycles. The molecule has 2 N–H and O–H groups in total. The monoisotopic (exact) mass is 209 g/mol. The van der Waals surface area contributed by atoms with Gasteiger partial charge in [0.05, 0.1) is 5.56 Å². The van der Waals surface area contributed by atoms with Crippen molar-refractivity contribution in [1.82, 2.24) is 16.0 Å². The zero-order chi connectivity index (χ0) is 11.1. The quantitative estimate of drug-likeness (QED) is 0.691. The summed E-state index contributed by atoms with van der Waals surface area (Å²) in [6.07, 6.45) is 3.19. The first-order valence-electron chi connectivity index (χ1n) is 4.39. The number of rotatable bonds is 4. The number of hydrogen-bond donors (Lipinski definition) is 2. The van der Waals surface area contributed by atoms with Gasteiger partial charge in [0.1, 0.15) is 0 Å². The van der Waals surface area contributed by atoms with Crippen molar-refractivity contribution >= 4 is 11.9 Å². The van der Waals surface area contributed by atoms with Crippen LogP contribution in [0.25, 0.3) is 0 Å². The number of pyridine rings is 1. The summed E-state index contributed by atoms with van der Waals surface area (Å²) < 4.78 is 0. The molecule has 0 aliphatic carbocycles. The van der Waals surface area contributed by atoms with E-state index in [9.17, 15) is 9.59 Å². The first-order valence-corrected chi connectivity index (χ1v) is 4.39. The molecule has 0 atom stereocenters. The van der Waals surface area contributed by atoms with Crippen LogP contribution in [0, 0.1) is 0 Å². The highest BCUT2D eigenvalue weighted by Gasteiger charge is 2.04. The first kappa shape index (κ1) is 11.1.